The first-order valence-corrected chi connectivity index (χ1v) is 4.70. The maximum absolute atomic E-state index is 11.3. The highest BCUT2D eigenvalue weighted by molar-refractivity contribution is 5.94. The second kappa shape index (κ2) is 9.73. The van der Waals surface area contributed by atoms with E-state index in [2.05, 4.69) is 0 Å². The van der Waals surface area contributed by atoms with Gasteiger partial charge in [-0.05, 0) is 26.8 Å². The molecule has 2 N–H and O–H groups in total. The zero-order valence-electron chi connectivity index (χ0n) is 9.02. The van der Waals surface area contributed by atoms with Gasteiger partial charge in [-0.1, -0.05) is 0 Å². The first kappa shape index (κ1) is 16.6. The molecule has 0 saturated carbocycles. The highest BCUT2D eigenvalue weighted by atomic mass is 35.5. The molecule has 0 aromatic carbocycles. The molecule has 0 unspecified atom stereocenters. The Morgan fingerprint density at radius 2 is 1.53 bits per heavy atom. The molecule has 0 rings (SSSR count). The molecule has 0 aromatic rings. The second-order valence-electron chi connectivity index (χ2n) is 2.63. The molecular formula is C9H18ClNO4. The number of esters is 2. The van der Waals surface area contributed by atoms with E-state index in [9.17, 15) is 9.59 Å². The van der Waals surface area contributed by atoms with Crippen LogP contribution in [0.2, 0.25) is 0 Å². The standard InChI is InChI=1S/C9H17NO4.ClH/c1-3-13-8(11)7(5-6-10)9(12)14-4-2;/h7H,3-6,10H2,1-2H3;1H. The van der Waals surface area contributed by atoms with Crippen LogP contribution in [0.4, 0.5) is 0 Å². The van der Waals surface area contributed by atoms with E-state index < -0.39 is 17.9 Å². The van der Waals surface area contributed by atoms with Gasteiger partial charge in [0, 0.05) is 0 Å². The molecule has 0 amide bonds. The van der Waals surface area contributed by atoms with E-state index in [1.807, 2.05) is 0 Å². The summed E-state index contributed by atoms with van der Waals surface area (Å²) < 4.78 is 9.46. The third kappa shape index (κ3) is 6.30. The molecule has 0 atom stereocenters. The van der Waals surface area contributed by atoms with Crippen molar-refractivity contribution in [2.75, 3.05) is 19.8 Å². The quantitative estimate of drug-likeness (QED) is 0.539. The fourth-order valence-corrected chi connectivity index (χ4v) is 0.984. The maximum atomic E-state index is 11.3. The number of halogens is 1. The molecular weight excluding hydrogens is 222 g/mol. The summed E-state index contributed by atoms with van der Waals surface area (Å²) in [5, 5.41) is 0. The molecule has 5 nitrogen and oxygen atoms in total. The first-order valence-electron chi connectivity index (χ1n) is 4.70. The van der Waals surface area contributed by atoms with Crippen molar-refractivity contribution < 1.29 is 19.1 Å². The zero-order chi connectivity index (χ0) is 11.0. The van der Waals surface area contributed by atoms with E-state index >= 15 is 0 Å². The Hall–Kier alpha value is -0.810. The summed E-state index contributed by atoms with van der Waals surface area (Å²) in [4.78, 5) is 22.5. The number of ether oxygens (including phenoxy) is 2. The topological polar surface area (TPSA) is 78.6 Å². The number of carbonyl (C=O) groups is 2. The predicted molar refractivity (Wildman–Crippen MR) is 57.7 cm³/mol. The lowest BCUT2D eigenvalue weighted by Crippen LogP contribution is -2.30. The lowest BCUT2D eigenvalue weighted by atomic mass is 10.1. The SMILES string of the molecule is CCOC(=O)C(CCN)C(=O)OCC.Cl. The van der Waals surface area contributed by atoms with E-state index in [0.29, 0.717) is 0 Å². The van der Waals surface area contributed by atoms with Crippen molar-refractivity contribution in [2.45, 2.75) is 20.3 Å². The fraction of sp³-hybridized carbons (Fsp3) is 0.778. The van der Waals surface area contributed by atoms with E-state index in [1.54, 1.807) is 13.8 Å². The molecule has 0 aliphatic rings. The summed E-state index contributed by atoms with van der Waals surface area (Å²) in [5.41, 5.74) is 5.28. The molecule has 0 aromatic heterocycles. The first-order chi connectivity index (χ1) is 6.67. The van der Waals surface area contributed by atoms with Crippen molar-refractivity contribution in [3.8, 4) is 0 Å². The van der Waals surface area contributed by atoms with Crippen molar-refractivity contribution in [3.63, 3.8) is 0 Å². The van der Waals surface area contributed by atoms with Crippen molar-refractivity contribution in [1.82, 2.24) is 0 Å². The Bertz CT molecular complexity index is 181. The number of rotatable bonds is 6. The minimum atomic E-state index is -0.875. The minimum Gasteiger partial charge on any atom is -0.465 e. The van der Waals surface area contributed by atoms with Crippen molar-refractivity contribution in [2.24, 2.45) is 11.7 Å². The van der Waals surface area contributed by atoms with Crippen LogP contribution in [0.1, 0.15) is 20.3 Å². The maximum Gasteiger partial charge on any atom is 0.320 e. The third-order valence-corrected chi connectivity index (χ3v) is 1.60. The van der Waals surface area contributed by atoms with Gasteiger partial charge in [-0.3, -0.25) is 9.59 Å². The van der Waals surface area contributed by atoms with Gasteiger partial charge >= 0.3 is 11.9 Å². The molecule has 15 heavy (non-hydrogen) atoms. The van der Waals surface area contributed by atoms with Crippen LogP contribution in [0.3, 0.4) is 0 Å². The molecule has 0 fully saturated rings. The molecule has 0 heterocycles. The minimum absolute atomic E-state index is 0. The van der Waals surface area contributed by atoms with Crippen molar-refractivity contribution in [3.05, 3.63) is 0 Å². The number of hydrogen-bond donors (Lipinski definition) is 1. The van der Waals surface area contributed by atoms with Gasteiger partial charge in [0.2, 0.25) is 0 Å². The monoisotopic (exact) mass is 239 g/mol. The Balaban J connectivity index is 0. The molecule has 0 aliphatic carbocycles. The van der Waals surface area contributed by atoms with Gasteiger partial charge in [-0.2, -0.15) is 0 Å². The van der Waals surface area contributed by atoms with Gasteiger partial charge < -0.3 is 15.2 Å². The molecule has 90 valence electrons. The largest absolute Gasteiger partial charge is 0.465 e. The van der Waals surface area contributed by atoms with Gasteiger partial charge in [-0.25, -0.2) is 0 Å². The normalized spacial score (nSPS) is 9.33. The lowest BCUT2D eigenvalue weighted by molar-refractivity contribution is -0.161. The van der Waals surface area contributed by atoms with Gasteiger partial charge in [0.15, 0.2) is 5.92 Å². The van der Waals surface area contributed by atoms with Crippen LogP contribution in [0.5, 0.6) is 0 Å². The average Bonchev–Trinajstić information content (AvgIpc) is 2.14. The lowest BCUT2D eigenvalue weighted by Gasteiger charge is -2.12. The van der Waals surface area contributed by atoms with Crippen molar-refractivity contribution in [1.29, 1.82) is 0 Å². The van der Waals surface area contributed by atoms with E-state index in [1.165, 1.54) is 0 Å². The molecule has 0 bridgehead atoms. The molecule has 0 aliphatic heterocycles. The van der Waals surface area contributed by atoms with Crippen LogP contribution < -0.4 is 5.73 Å². The molecule has 6 heteroatoms. The summed E-state index contributed by atoms with van der Waals surface area (Å²) >= 11 is 0. The summed E-state index contributed by atoms with van der Waals surface area (Å²) in [6.45, 7) is 4.12. The Labute approximate surface area is 95.7 Å². The van der Waals surface area contributed by atoms with Gasteiger partial charge in [-0.15, -0.1) is 12.4 Å². The van der Waals surface area contributed by atoms with E-state index in [-0.39, 0.29) is 38.6 Å². The fourth-order valence-electron chi connectivity index (χ4n) is 0.984. The van der Waals surface area contributed by atoms with Crippen LogP contribution in [-0.2, 0) is 19.1 Å². The number of hydrogen-bond acceptors (Lipinski definition) is 5. The van der Waals surface area contributed by atoms with Crippen LogP contribution >= 0.6 is 12.4 Å². The second-order valence-corrected chi connectivity index (χ2v) is 2.63. The summed E-state index contributed by atoms with van der Waals surface area (Å²) in [6, 6.07) is 0. The van der Waals surface area contributed by atoms with Crippen LogP contribution in [0.25, 0.3) is 0 Å². The van der Waals surface area contributed by atoms with Gasteiger partial charge in [0.1, 0.15) is 0 Å². The number of nitrogens with two attached hydrogens (primary N) is 1. The van der Waals surface area contributed by atoms with Crippen LogP contribution in [0.15, 0.2) is 0 Å². The highest BCUT2D eigenvalue weighted by Crippen LogP contribution is 2.07. The third-order valence-electron chi connectivity index (χ3n) is 1.60. The van der Waals surface area contributed by atoms with E-state index in [0.717, 1.165) is 0 Å². The average molecular weight is 240 g/mol. The number of carbonyl (C=O) groups excluding carboxylic acids is 2. The highest BCUT2D eigenvalue weighted by Gasteiger charge is 2.28. The smallest absolute Gasteiger partial charge is 0.320 e. The Morgan fingerprint density at radius 3 is 1.80 bits per heavy atom. The van der Waals surface area contributed by atoms with Crippen LogP contribution in [0, 0.1) is 5.92 Å². The molecule has 0 spiro atoms. The summed E-state index contributed by atoms with van der Waals surface area (Å²) in [6.07, 6.45) is 0.262. The Morgan fingerprint density at radius 1 is 1.13 bits per heavy atom. The zero-order valence-corrected chi connectivity index (χ0v) is 9.84. The van der Waals surface area contributed by atoms with E-state index in [4.69, 9.17) is 15.2 Å². The van der Waals surface area contributed by atoms with Crippen LogP contribution in [-0.4, -0.2) is 31.7 Å². The summed E-state index contributed by atoms with van der Waals surface area (Å²) in [5.74, 6) is -1.99. The van der Waals surface area contributed by atoms with Gasteiger partial charge in [0.05, 0.1) is 13.2 Å². The molecule has 0 saturated heterocycles. The predicted octanol–water partition coefficient (Wildman–Crippen LogP) is 0.499. The Kier molecular flexibility index (Phi) is 10.8. The summed E-state index contributed by atoms with van der Waals surface area (Å²) in [7, 11) is 0. The van der Waals surface area contributed by atoms with Gasteiger partial charge in [0.25, 0.3) is 0 Å². The van der Waals surface area contributed by atoms with Crippen molar-refractivity contribution >= 4 is 24.3 Å². The molecule has 0 radical (unpaired) electrons.